The highest BCUT2D eigenvalue weighted by molar-refractivity contribution is 5.94. The minimum atomic E-state index is -0.531. The first kappa shape index (κ1) is 17.6. The number of benzene rings is 1. The van der Waals surface area contributed by atoms with Crippen LogP contribution in [0, 0.1) is 6.92 Å². The predicted octanol–water partition coefficient (Wildman–Crippen LogP) is 3.03. The zero-order valence-electron chi connectivity index (χ0n) is 15.1. The lowest BCUT2D eigenvalue weighted by Gasteiger charge is -2.14. The summed E-state index contributed by atoms with van der Waals surface area (Å²) >= 11 is 0. The molecule has 0 saturated carbocycles. The van der Waals surface area contributed by atoms with E-state index in [4.69, 9.17) is 18.9 Å². The van der Waals surface area contributed by atoms with E-state index in [9.17, 15) is 4.79 Å². The predicted molar refractivity (Wildman–Crippen MR) is 95.1 cm³/mol. The second-order valence-corrected chi connectivity index (χ2v) is 5.66. The molecule has 0 aliphatic heterocycles. The number of aromatic nitrogens is 2. The molecule has 0 aliphatic carbocycles. The normalized spacial score (nSPS) is 10.6. The fourth-order valence-corrected chi connectivity index (χ4v) is 2.70. The first-order valence-corrected chi connectivity index (χ1v) is 7.97. The van der Waals surface area contributed by atoms with Gasteiger partial charge in [0.05, 0.1) is 27.0 Å². The Morgan fingerprint density at radius 2 is 1.77 bits per heavy atom. The molecule has 3 aromatic rings. The summed E-state index contributed by atoms with van der Waals surface area (Å²) in [5.74, 6) is 0.544. The van der Waals surface area contributed by atoms with E-state index >= 15 is 0 Å². The highest BCUT2D eigenvalue weighted by atomic mass is 16.5. The van der Waals surface area contributed by atoms with Crippen molar-refractivity contribution in [2.45, 2.75) is 13.5 Å². The molecule has 3 rings (SSSR count). The van der Waals surface area contributed by atoms with Crippen molar-refractivity contribution < 1.29 is 23.7 Å². The zero-order valence-corrected chi connectivity index (χ0v) is 15.1. The van der Waals surface area contributed by atoms with E-state index in [1.807, 2.05) is 35.9 Å². The molecule has 7 nitrogen and oxygen atoms in total. The molecular weight excluding hydrogens is 336 g/mol. The second-order valence-electron chi connectivity index (χ2n) is 5.66. The maximum atomic E-state index is 12.5. The Bertz CT molecular complexity index is 948. The van der Waals surface area contributed by atoms with Crippen LogP contribution in [0.25, 0.3) is 5.65 Å². The molecule has 1 aromatic carbocycles. The molecule has 0 aliphatic rings. The van der Waals surface area contributed by atoms with E-state index in [-0.39, 0.29) is 17.9 Å². The van der Waals surface area contributed by atoms with Crippen LogP contribution in [0.5, 0.6) is 17.2 Å². The average molecular weight is 356 g/mol. The molecule has 0 unspecified atom stereocenters. The smallest absolute Gasteiger partial charge is 0.342 e. The number of carbonyl (C=O) groups excluding carboxylic acids is 1. The van der Waals surface area contributed by atoms with Crippen LogP contribution >= 0.6 is 0 Å². The molecule has 0 spiro atoms. The highest BCUT2D eigenvalue weighted by Crippen LogP contribution is 2.40. The van der Waals surface area contributed by atoms with Gasteiger partial charge in [-0.25, -0.2) is 9.78 Å². The van der Waals surface area contributed by atoms with Gasteiger partial charge in [-0.15, -0.1) is 0 Å². The number of rotatable bonds is 6. The summed E-state index contributed by atoms with van der Waals surface area (Å²) in [6, 6.07) is 7.10. The van der Waals surface area contributed by atoms with E-state index in [1.165, 1.54) is 21.3 Å². The van der Waals surface area contributed by atoms with E-state index in [1.54, 1.807) is 12.1 Å². The van der Waals surface area contributed by atoms with Crippen molar-refractivity contribution in [3.8, 4) is 17.2 Å². The van der Waals surface area contributed by atoms with Gasteiger partial charge in [0.1, 0.15) is 17.8 Å². The summed E-state index contributed by atoms with van der Waals surface area (Å²) in [4.78, 5) is 16.9. The van der Waals surface area contributed by atoms with Crippen molar-refractivity contribution in [3.05, 3.63) is 53.5 Å². The lowest BCUT2D eigenvalue weighted by Crippen LogP contribution is -2.09. The van der Waals surface area contributed by atoms with Crippen molar-refractivity contribution >= 4 is 11.6 Å². The third-order valence-corrected chi connectivity index (χ3v) is 3.92. The minimum absolute atomic E-state index is 0.0526. The third kappa shape index (κ3) is 3.28. The molecule has 0 bridgehead atoms. The quantitative estimate of drug-likeness (QED) is 0.632. The molecule has 0 atom stereocenters. The van der Waals surface area contributed by atoms with Crippen LogP contribution in [0.3, 0.4) is 0 Å². The van der Waals surface area contributed by atoms with Gasteiger partial charge >= 0.3 is 5.97 Å². The second kappa shape index (κ2) is 7.35. The average Bonchev–Trinajstić information content (AvgIpc) is 3.06. The number of esters is 1. The molecular formula is C19H20N2O5. The molecule has 0 N–H and O–H groups in total. The molecule has 0 radical (unpaired) electrons. The van der Waals surface area contributed by atoms with Crippen LogP contribution < -0.4 is 14.2 Å². The summed E-state index contributed by atoms with van der Waals surface area (Å²) in [6.07, 6.45) is 3.80. The molecule has 136 valence electrons. The maximum absolute atomic E-state index is 12.5. The van der Waals surface area contributed by atoms with Gasteiger partial charge in [0.25, 0.3) is 0 Å². The van der Waals surface area contributed by atoms with Crippen LogP contribution in [0.4, 0.5) is 0 Å². The summed E-state index contributed by atoms with van der Waals surface area (Å²) in [6.45, 7) is 2.06. The number of hydrogen-bond acceptors (Lipinski definition) is 6. The summed E-state index contributed by atoms with van der Waals surface area (Å²) in [5.41, 5.74) is 2.83. The van der Waals surface area contributed by atoms with Gasteiger partial charge in [0.15, 0.2) is 11.5 Å². The minimum Gasteiger partial charge on any atom is -0.493 e. The molecule has 7 heteroatoms. The Morgan fingerprint density at radius 1 is 1.00 bits per heavy atom. The van der Waals surface area contributed by atoms with Gasteiger partial charge in [-0.1, -0.05) is 6.07 Å². The van der Waals surface area contributed by atoms with E-state index in [0.717, 1.165) is 11.2 Å². The highest BCUT2D eigenvalue weighted by Gasteiger charge is 2.22. The van der Waals surface area contributed by atoms with Gasteiger partial charge in [-0.2, -0.15) is 0 Å². The maximum Gasteiger partial charge on any atom is 0.342 e. The summed E-state index contributed by atoms with van der Waals surface area (Å²) in [7, 11) is 4.45. The van der Waals surface area contributed by atoms with Gasteiger partial charge in [0, 0.05) is 12.4 Å². The van der Waals surface area contributed by atoms with Crippen molar-refractivity contribution in [1.29, 1.82) is 0 Å². The Morgan fingerprint density at radius 3 is 2.46 bits per heavy atom. The first-order chi connectivity index (χ1) is 12.6. The number of pyridine rings is 1. The van der Waals surface area contributed by atoms with Crippen molar-refractivity contribution in [1.82, 2.24) is 9.38 Å². The number of methoxy groups -OCH3 is 3. The van der Waals surface area contributed by atoms with Crippen molar-refractivity contribution in [3.63, 3.8) is 0 Å². The van der Waals surface area contributed by atoms with Gasteiger partial charge in [-0.05, 0) is 30.7 Å². The molecule has 2 aromatic heterocycles. The number of carbonyl (C=O) groups is 1. The van der Waals surface area contributed by atoms with Crippen LogP contribution in [0.1, 0.15) is 21.6 Å². The van der Waals surface area contributed by atoms with Gasteiger partial charge in [-0.3, -0.25) is 0 Å². The van der Waals surface area contributed by atoms with Crippen LogP contribution in [-0.4, -0.2) is 36.7 Å². The summed E-state index contributed by atoms with van der Waals surface area (Å²) in [5, 5.41) is 0. The molecule has 0 saturated heterocycles. The lowest BCUT2D eigenvalue weighted by molar-refractivity contribution is 0.0464. The van der Waals surface area contributed by atoms with Crippen molar-refractivity contribution in [2.24, 2.45) is 0 Å². The Labute approximate surface area is 151 Å². The molecule has 0 amide bonds. The zero-order chi connectivity index (χ0) is 18.7. The monoisotopic (exact) mass is 356 g/mol. The standard InChI is InChI=1S/C19H20N2O5/c1-12-5-8-16-20-13(10-21(16)9-12)11-26-19(22)14-6-7-15(23-2)18(25-4)17(14)24-3/h5-10H,11H2,1-4H3. The van der Waals surface area contributed by atoms with Crippen molar-refractivity contribution in [2.75, 3.05) is 21.3 Å². The molecule has 0 fully saturated rings. The number of imidazole rings is 1. The molecule has 2 heterocycles. The fraction of sp³-hybridized carbons (Fsp3) is 0.263. The number of hydrogen-bond donors (Lipinski definition) is 0. The SMILES string of the molecule is COc1ccc(C(=O)OCc2cn3cc(C)ccc3n2)c(OC)c1OC. The van der Waals surface area contributed by atoms with E-state index < -0.39 is 5.97 Å². The third-order valence-electron chi connectivity index (χ3n) is 3.92. The Hall–Kier alpha value is -3.22. The Kier molecular flexibility index (Phi) is 4.97. The van der Waals surface area contributed by atoms with Crippen LogP contribution in [0.2, 0.25) is 0 Å². The lowest BCUT2D eigenvalue weighted by atomic mass is 10.1. The topological polar surface area (TPSA) is 71.3 Å². The van der Waals surface area contributed by atoms with Crippen LogP contribution in [0.15, 0.2) is 36.7 Å². The number of fused-ring (bicyclic) bond motifs is 1. The fourth-order valence-electron chi connectivity index (χ4n) is 2.70. The Balaban J connectivity index is 1.81. The van der Waals surface area contributed by atoms with Gasteiger partial charge in [0.2, 0.25) is 5.75 Å². The largest absolute Gasteiger partial charge is 0.493 e. The summed E-state index contributed by atoms with van der Waals surface area (Å²) < 4.78 is 23.1. The number of aryl methyl sites for hydroxylation is 1. The number of ether oxygens (including phenoxy) is 4. The first-order valence-electron chi connectivity index (χ1n) is 7.97. The number of nitrogens with zero attached hydrogens (tertiary/aromatic N) is 2. The van der Waals surface area contributed by atoms with E-state index in [0.29, 0.717) is 17.2 Å². The van der Waals surface area contributed by atoms with Gasteiger partial charge < -0.3 is 23.3 Å². The van der Waals surface area contributed by atoms with Crippen LogP contribution in [-0.2, 0) is 11.3 Å². The molecule has 26 heavy (non-hydrogen) atoms. The van der Waals surface area contributed by atoms with E-state index in [2.05, 4.69) is 4.98 Å².